The Hall–Kier alpha value is -4.73. The molecule has 0 atom stereocenters. The second kappa shape index (κ2) is 13.7. The van der Waals surface area contributed by atoms with E-state index in [1.807, 2.05) is 24.3 Å². The van der Waals surface area contributed by atoms with E-state index >= 15 is 0 Å². The van der Waals surface area contributed by atoms with E-state index in [0.717, 1.165) is 5.69 Å². The summed E-state index contributed by atoms with van der Waals surface area (Å²) in [5.74, 6) is 0.509. The molecule has 0 aliphatic rings. The number of aromatic nitrogens is 2. The van der Waals surface area contributed by atoms with Gasteiger partial charge in [0.2, 0.25) is 0 Å². The van der Waals surface area contributed by atoms with Gasteiger partial charge in [-0.1, -0.05) is 99.6 Å². The summed E-state index contributed by atoms with van der Waals surface area (Å²) in [6.45, 7) is 7.35. The zero-order chi connectivity index (χ0) is 31.0. The predicted molar refractivity (Wildman–Crippen MR) is 175 cm³/mol. The van der Waals surface area contributed by atoms with Gasteiger partial charge in [-0.15, -0.1) is 5.11 Å². The summed E-state index contributed by atoms with van der Waals surface area (Å²) in [5, 5.41) is 24.1. The third-order valence-corrected chi connectivity index (χ3v) is 12.4. The van der Waals surface area contributed by atoms with E-state index in [0.29, 0.717) is 30.1 Å². The summed E-state index contributed by atoms with van der Waals surface area (Å²) in [4.78, 5) is 9.20. The Bertz CT molecular complexity index is 1660. The first-order chi connectivity index (χ1) is 21.2. The molecule has 0 bridgehead atoms. The Morgan fingerprint density at radius 3 is 2.05 bits per heavy atom. The first-order valence-electron chi connectivity index (χ1n) is 14.5. The van der Waals surface area contributed by atoms with Crippen LogP contribution in [0.25, 0.3) is 0 Å². The van der Waals surface area contributed by atoms with Crippen molar-refractivity contribution in [3.8, 4) is 5.75 Å². The van der Waals surface area contributed by atoms with E-state index in [1.54, 1.807) is 30.3 Å². The molecule has 5 rings (SSSR count). The summed E-state index contributed by atoms with van der Waals surface area (Å²) in [7, 11) is -2.72. The molecule has 7 nitrogen and oxygen atoms in total. The summed E-state index contributed by atoms with van der Waals surface area (Å²) in [5.41, 5.74) is 2.05. The lowest BCUT2D eigenvalue weighted by Gasteiger charge is -2.43. The van der Waals surface area contributed by atoms with Gasteiger partial charge < -0.3 is 14.8 Å². The number of hydrogen-bond donors (Lipinski definition) is 2. The van der Waals surface area contributed by atoms with Gasteiger partial charge in [-0.3, -0.25) is 0 Å². The second-order valence-corrected chi connectivity index (χ2v) is 15.8. The fourth-order valence-electron chi connectivity index (χ4n) is 5.29. The average molecular weight is 606 g/mol. The molecule has 0 aliphatic heterocycles. The van der Waals surface area contributed by atoms with Gasteiger partial charge in [0.05, 0.1) is 12.2 Å². The van der Waals surface area contributed by atoms with Gasteiger partial charge in [-0.2, -0.15) is 10.1 Å². The highest BCUT2D eigenvalue weighted by molar-refractivity contribution is 6.99. The Balaban J connectivity index is 1.44. The van der Waals surface area contributed by atoms with Crippen LogP contribution >= 0.6 is 0 Å². The molecule has 0 radical (unpaired) electrons. The highest BCUT2D eigenvalue weighted by atomic mass is 28.4. The van der Waals surface area contributed by atoms with Crippen LogP contribution in [0.2, 0.25) is 5.04 Å². The molecular formula is C35H36FN5O2Si. The van der Waals surface area contributed by atoms with E-state index in [2.05, 4.69) is 94.8 Å². The van der Waals surface area contributed by atoms with Gasteiger partial charge in [0.15, 0.2) is 0 Å². The summed E-state index contributed by atoms with van der Waals surface area (Å²) in [6, 6.07) is 35.9. The number of para-hydroxylation sites is 1. The second-order valence-electron chi connectivity index (χ2n) is 11.5. The number of anilines is 2. The number of nitrogens with one attached hydrogen (secondary N) is 1. The Morgan fingerprint density at radius 1 is 0.818 bits per heavy atom. The first-order valence-corrected chi connectivity index (χ1v) is 16.5. The number of azo groups is 1. The standard InChI is InChI=1S/C35H36FN5O2Si/c1-35(2,3)44(30-13-6-4-7-14-30,31-15-8-5-9-16-31)43-23-22-29-24-33(38-28-20-18-27(36)19-21-28)40-34(39-29)41-37-25-26-12-10-11-17-32(26)42/h4-21,24,42H,22-23,25H2,1-3H3,(H,38,39,40). The number of rotatable bonds is 11. The number of hydrogen-bond acceptors (Lipinski definition) is 7. The number of benzene rings is 4. The summed E-state index contributed by atoms with van der Waals surface area (Å²) >= 11 is 0. The molecule has 1 heterocycles. The number of phenolic OH excluding ortho intramolecular Hbond substituents is 1. The molecule has 0 saturated carbocycles. The van der Waals surface area contributed by atoms with Crippen LogP contribution in [0, 0.1) is 5.82 Å². The topological polar surface area (TPSA) is 92.0 Å². The van der Waals surface area contributed by atoms with Gasteiger partial charge in [0.25, 0.3) is 14.3 Å². The fraction of sp³-hybridized carbons (Fsp3) is 0.200. The minimum atomic E-state index is -2.72. The maximum absolute atomic E-state index is 13.5. The molecule has 0 aliphatic carbocycles. The molecule has 0 saturated heterocycles. The molecule has 224 valence electrons. The van der Waals surface area contributed by atoms with Crippen LogP contribution in [0.1, 0.15) is 32.0 Å². The van der Waals surface area contributed by atoms with Crippen molar-refractivity contribution in [2.24, 2.45) is 10.2 Å². The molecule has 1 aromatic heterocycles. The van der Waals surface area contributed by atoms with Crippen LogP contribution in [-0.4, -0.2) is 30.0 Å². The first kappa shape index (κ1) is 30.7. The maximum Gasteiger partial charge on any atom is 0.270 e. The van der Waals surface area contributed by atoms with Crippen molar-refractivity contribution in [2.75, 3.05) is 11.9 Å². The lowest BCUT2D eigenvalue weighted by molar-refractivity contribution is 0.300. The monoisotopic (exact) mass is 605 g/mol. The van der Waals surface area contributed by atoms with Gasteiger partial charge in [-0.05, 0) is 45.7 Å². The summed E-state index contributed by atoms with van der Waals surface area (Å²) < 4.78 is 20.6. The zero-order valence-electron chi connectivity index (χ0n) is 25.1. The van der Waals surface area contributed by atoms with E-state index in [9.17, 15) is 9.50 Å². The van der Waals surface area contributed by atoms with Crippen molar-refractivity contribution in [3.63, 3.8) is 0 Å². The third-order valence-electron chi connectivity index (χ3n) is 7.37. The molecular weight excluding hydrogens is 570 g/mol. The van der Waals surface area contributed by atoms with E-state index < -0.39 is 8.32 Å². The van der Waals surface area contributed by atoms with Gasteiger partial charge in [0, 0.05) is 30.3 Å². The highest BCUT2D eigenvalue weighted by Gasteiger charge is 2.50. The lowest BCUT2D eigenvalue weighted by atomic mass is 10.2. The van der Waals surface area contributed by atoms with Crippen molar-refractivity contribution in [2.45, 2.75) is 38.8 Å². The van der Waals surface area contributed by atoms with Crippen molar-refractivity contribution < 1.29 is 13.9 Å². The van der Waals surface area contributed by atoms with Crippen molar-refractivity contribution >= 4 is 36.1 Å². The predicted octanol–water partition coefficient (Wildman–Crippen LogP) is 7.47. The van der Waals surface area contributed by atoms with Crippen molar-refractivity contribution in [1.82, 2.24) is 9.97 Å². The largest absolute Gasteiger partial charge is 0.508 e. The van der Waals surface area contributed by atoms with E-state index in [-0.39, 0.29) is 29.1 Å². The molecule has 0 unspecified atom stereocenters. The number of nitrogens with zero attached hydrogens (tertiary/aromatic N) is 4. The van der Waals surface area contributed by atoms with E-state index in [1.165, 1.54) is 22.5 Å². The van der Waals surface area contributed by atoms with Gasteiger partial charge in [-0.25, -0.2) is 9.37 Å². The Labute approximate surface area is 258 Å². The van der Waals surface area contributed by atoms with Crippen LogP contribution in [0.4, 0.5) is 21.8 Å². The van der Waals surface area contributed by atoms with Crippen molar-refractivity contribution in [3.05, 3.63) is 132 Å². The molecule has 4 aromatic carbocycles. The molecule has 2 N–H and O–H groups in total. The average Bonchev–Trinajstić information content (AvgIpc) is 3.02. The molecule has 0 amide bonds. The third kappa shape index (κ3) is 7.24. The van der Waals surface area contributed by atoms with Crippen LogP contribution in [0.5, 0.6) is 5.75 Å². The molecule has 9 heteroatoms. The van der Waals surface area contributed by atoms with Gasteiger partial charge in [0.1, 0.15) is 17.4 Å². The highest BCUT2D eigenvalue weighted by Crippen LogP contribution is 2.37. The maximum atomic E-state index is 13.5. The number of phenols is 1. The van der Waals surface area contributed by atoms with Crippen molar-refractivity contribution in [1.29, 1.82) is 0 Å². The number of aromatic hydroxyl groups is 1. The number of halogens is 1. The normalized spacial score (nSPS) is 12.0. The Kier molecular flexibility index (Phi) is 9.57. The lowest BCUT2D eigenvalue weighted by Crippen LogP contribution is -2.66. The molecule has 0 spiro atoms. The SMILES string of the molecule is CC(C)(C)[Si](OCCc1cc(Nc2ccc(F)cc2)nc(N=NCc2ccccc2O)n1)(c1ccccc1)c1ccccc1. The minimum Gasteiger partial charge on any atom is -0.508 e. The quantitative estimate of drug-likeness (QED) is 0.120. The Morgan fingerprint density at radius 2 is 1.43 bits per heavy atom. The van der Waals surface area contributed by atoms with Crippen LogP contribution in [-0.2, 0) is 17.4 Å². The summed E-state index contributed by atoms with van der Waals surface area (Å²) in [6.07, 6.45) is 0.507. The molecule has 44 heavy (non-hydrogen) atoms. The zero-order valence-corrected chi connectivity index (χ0v) is 26.1. The van der Waals surface area contributed by atoms with E-state index in [4.69, 9.17) is 4.43 Å². The smallest absolute Gasteiger partial charge is 0.270 e. The van der Waals surface area contributed by atoms with Crippen LogP contribution in [0.3, 0.4) is 0 Å². The molecule has 0 fully saturated rings. The molecule has 5 aromatic rings. The minimum absolute atomic E-state index is 0.153. The fourth-order valence-corrected chi connectivity index (χ4v) is 9.85. The van der Waals surface area contributed by atoms with Gasteiger partial charge >= 0.3 is 0 Å². The van der Waals surface area contributed by atoms with Crippen LogP contribution < -0.4 is 15.7 Å². The van der Waals surface area contributed by atoms with Crippen LogP contribution in [0.15, 0.2) is 125 Å².